The number of hydrogen-bond donors (Lipinski definition) is 4. The van der Waals surface area contributed by atoms with Crippen LogP contribution in [0.15, 0.2) is 59.1 Å². The number of rotatable bonds is 0. The molecule has 43 heavy (non-hydrogen) atoms. The largest absolute Gasteiger partial charge is 0.508 e. The summed E-state index contributed by atoms with van der Waals surface area (Å²) < 4.78 is 1.09. The summed E-state index contributed by atoms with van der Waals surface area (Å²) in [7, 11) is 0. The molecule has 4 aliphatic rings. The quantitative estimate of drug-likeness (QED) is 0.153. The molecule has 0 heterocycles. The molecule has 0 aliphatic heterocycles. The third-order valence-corrected chi connectivity index (χ3v) is 11.8. The summed E-state index contributed by atoms with van der Waals surface area (Å²) >= 11 is 3.69. The van der Waals surface area contributed by atoms with E-state index >= 15 is 0 Å². The maximum Gasteiger partial charge on any atom is 0.116 e. The van der Waals surface area contributed by atoms with Crippen molar-refractivity contribution in [2.75, 3.05) is 0 Å². The van der Waals surface area contributed by atoms with Gasteiger partial charge in [-0.2, -0.15) is 0 Å². The van der Waals surface area contributed by atoms with Crippen molar-refractivity contribution in [1.82, 2.24) is 0 Å². The van der Waals surface area contributed by atoms with Crippen LogP contribution < -0.4 is 0 Å². The van der Waals surface area contributed by atoms with Gasteiger partial charge in [-0.05, 0) is 154 Å². The van der Waals surface area contributed by atoms with Gasteiger partial charge in [-0.3, -0.25) is 0 Å². The first-order chi connectivity index (χ1) is 19.5. The van der Waals surface area contributed by atoms with Crippen molar-refractivity contribution >= 4 is 37.5 Å². The fraction of sp³-hybridized carbons (Fsp3) is 0.474. The third kappa shape index (κ3) is 5.26. The maximum absolute atomic E-state index is 10.1. The molecular formula is C38H47BrO4. The van der Waals surface area contributed by atoms with E-state index in [1.165, 1.54) is 33.0 Å². The minimum Gasteiger partial charge on any atom is -0.508 e. The number of phenolic OH excluding ortho intramolecular Hbond substituents is 2. The van der Waals surface area contributed by atoms with Gasteiger partial charge in [-0.25, -0.2) is 0 Å². The molecule has 4 N–H and O–H groups in total. The minimum absolute atomic E-state index is 0. The second kappa shape index (κ2) is 11.4. The second-order valence-corrected chi connectivity index (χ2v) is 14.6. The molecule has 8 rings (SSSR count). The normalized spacial score (nSPS) is 30.2. The Hall–Kier alpha value is -2.60. The second-order valence-electron chi connectivity index (χ2n) is 13.8. The van der Waals surface area contributed by atoms with Gasteiger partial charge < -0.3 is 20.4 Å². The first-order valence-electron chi connectivity index (χ1n) is 15.1. The molecule has 0 radical (unpaired) electrons. The summed E-state index contributed by atoms with van der Waals surface area (Å²) in [5.41, 5.74) is 5.97. The van der Waals surface area contributed by atoms with Gasteiger partial charge in [0.1, 0.15) is 11.5 Å². The Morgan fingerprint density at radius 2 is 1.16 bits per heavy atom. The summed E-state index contributed by atoms with van der Waals surface area (Å²) in [5, 5.41) is 44.5. The summed E-state index contributed by atoms with van der Waals surface area (Å²) in [6.45, 7) is 4.64. The average molecular weight is 648 g/mol. The van der Waals surface area contributed by atoms with Crippen LogP contribution >= 0.6 is 15.9 Å². The molecule has 0 unspecified atom stereocenters. The van der Waals surface area contributed by atoms with Crippen LogP contribution in [0.5, 0.6) is 11.5 Å². The summed E-state index contributed by atoms with van der Waals surface area (Å²) in [6.07, 6.45) is 7.58. The molecule has 4 aliphatic carbocycles. The lowest BCUT2D eigenvalue weighted by molar-refractivity contribution is 0.159. The first-order valence-corrected chi connectivity index (χ1v) is 15.9. The number of aliphatic hydroxyl groups excluding tert-OH is 2. The van der Waals surface area contributed by atoms with E-state index in [9.17, 15) is 20.4 Å². The van der Waals surface area contributed by atoms with Crippen LogP contribution in [0.1, 0.15) is 101 Å². The highest BCUT2D eigenvalue weighted by atomic mass is 79.9. The Labute approximate surface area is 264 Å². The van der Waals surface area contributed by atoms with E-state index in [0.717, 1.165) is 66.6 Å². The number of aromatic hydroxyl groups is 2. The van der Waals surface area contributed by atoms with Crippen LogP contribution in [0, 0.1) is 10.8 Å². The fourth-order valence-corrected chi connectivity index (χ4v) is 9.64. The van der Waals surface area contributed by atoms with Gasteiger partial charge in [0.2, 0.25) is 0 Å². The monoisotopic (exact) mass is 646 g/mol. The molecule has 4 nitrogen and oxygen atoms in total. The van der Waals surface area contributed by atoms with Gasteiger partial charge in [-0.1, -0.05) is 62.8 Å². The molecule has 0 bridgehead atoms. The lowest BCUT2D eigenvalue weighted by Gasteiger charge is -2.38. The molecular weight excluding hydrogens is 600 g/mol. The number of fused-ring (bicyclic) bond motifs is 10. The fourth-order valence-electron chi connectivity index (χ4n) is 9.05. The van der Waals surface area contributed by atoms with Gasteiger partial charge in [0.25, 0.3) is 0 Å². The highest BCUT2D eigenvalue weighted by molar-refractivity contribution is 9.10. The van der Waals surface area contributed by atoms with Crippen molar-refractivity contribution in [3.8, 4) is 11.5 Å². The topological polar surface area (TPSA) is 80.9 Å². The maximum atomic E-state index is 10.1. The number of halogens is 1. The van der Waals surface area contributed by atoms with Crippen molar-refractivity contribution in [3.63, 3.8) is 0 Å². The van der Waals surface area contributed by atoms with E-state index in [2.05, 4.69) is 48.0 Å². The Morgan fingerprint density at radius 3 is 1.79 bits per heavy atom. The highest BCUT2D eigenvalue weighted by Crippen LogP contribution is 2.58. The average Bonchev–Trinajstić information content (AvgIpc) is 3.42. The molecule has 0 saturated heterocycles. The number of hydrogen-bond acceptors (Lipinski definition) is 4. The zero-order valence-electron chi connectivity index (χ0n) is 23.8. The van der Waals surface area contributed by atoms with Gasteiger partial charge in [0.05, 0.1) is 12.2 Å². The van der Waals surface area contributed by atoms with Crippen LogP contribution in [0.3, 0.4) is 0 Å². The smallest absolute Gasteiger partial charge is 0.116 e. The first kappa shape index (κ1) is 31.8. The van der Waals surface area contributed by atoms with Crippen LogP contribution in [-0.2, 0) is 12.8 Å². The zero-order valence-corrected chi connectivity index (χ0v) is 25.4. The third-order valence-electron chi connectivity index (χ3n) is 11.1. The highest BCUT2D eigenvalue weighted by Gasteiger charge is 2.48. The molecule has 0 amide bonds. The standard InChI is InChI=1S/C18H19BrO2.C18H20O2.2CH4/c1-18-5-4-12-14-6-10(20)2-3-13(14)17(19)8-15(12)16(18)7-11(21)9-18;1-18-7-6-14-15(17(18)9-13(20)10-18)5-3-11-2-4-12(19)8-16(11)14;;/h2-3,6,8,11,16,20-21H,4-5,7,9H2,1H3;2-5,8,13,17,19-20H,6-7,9-10H2,1H3;2*1H4/t11-,16-,18+;13-,17-,18+;;/m00../s1. The van der Waals surface area contributed by atoms with Crippen LogP contribution in [0.4, 0.5) is 0 Å². The van der Waals surface area contributed by atoms with Crippen LogP contribution in [-0.4, -0.2) is 32.6 Å². The van der Waals surface area contributed by atoms with E-state index in [-0.39, 0.29) is 37.9 Å². The SMILES string of the molecule is C.C.C[C@]12CCc3c(cc(Br)c4ccc(O)cc34)[C@@H]1C[C@H](O)C2.C[C@]12CCc3c(ccc4ccc(O)cc34)[C@@H]1C[C@H](O)C2. The lowest BCUT2D eigenvalue weighted by Crippen LogP contribution is -2.26. The summed E-state index contributed by atoms with van der Waals surface area (Å²) in [5.74, 6) is 1.56. The van der Waals surface area contributed by atoms with Crippen molar-refractivity contribution in [2.45, 2.75) is 104 Å². The molecule has 0 spiro atoms. The van der Waals surface area contributed by atoms with Crippen LogP contribution in [0.2, 0.25) is 0 Å². The summed E-state index contributed by atoms with van der Waals surface area (Å²) in [4.78, 5) is 0. The predicted octanol–water partition coefficient (Wildman–Crippen LogP) is 9.51. The zero-order chi connectivity index (χ0) is 28.7. The number of phenols is 2. The van der Waals surface area contributed by atoms with Crippen molar-refractivity contribution in [3.05, 3.63) is 81.3 Å². The number of benzene rings is 4. The lowest BCUT2D eigenvalue weighted by atomic mass is 9.66. The van der Waals surface area contributed by atoms with Crippen molar-refractivity contribution in [2.24, 2.45) is 10.8 Å². The predicted molar refractivity (Wildman–Crippen MR) is 181 cm³/mol. The van der Waals surface area contributed by atoms with Gasteiger partial charge in [-0.15, -0.1) is 0 Å². The number of aryl methyl sites for hydroxylation is 2. The molecule has 6 atom stereocenters. The molecule has 0 aromatic heterocycles. The molecule has 2 fully saturated rings. The van der Waals surface area contributed by atoms with Crippen LogP contribution in [0.25, 0.3) is 21.5 Å². The molecule has 230 valence electrons. The Balaban J connectivity index is 0.000000164. The van der Waals surface area contributed by atoms with E-state index in [0.29, 0.717) is 23.3 Å². The van der Waals surface area contributed by atoms with Crippen molar-refractivity contribution < 1.29 is 20.4 Å². The van der Waals surface area contributed by atoms with Gasteiger partial charge >= 0.3 is 0 Å². The van der Waals surface area contributed by atoms with E-state index < -0.39 is 0 Å². The van der Waals surface area contributed by atoms with E-state index in [4.69, 9.17) is 0 Å². The Kier molecular flexibility index (Phi) is 8.43. The Morgan fingerprint density at radius 1 is 0.651 bits per heavy atom. The number of aliphatic hydroxyl groups is 2. The Bertz CT molecular complexity index is 1680. The minimum atomic E-state index is -0.176. The van der Waals surface area contributed by atoms with Crippen molar-refractivity contribution in [1.29, 1.82) is 0 Å². The van der Waals surface area contributed by atoms with E-state index in [1.54, 1.807) is 12.1 Å². The summed E-state index contributed by atoms with van der Waals surface area (Å²) in [6, 6.07) is 17.9. The molecule has 5 heteroatoms. The van der Waals surface area contributed by atoms with Gasteiger partial charge in [0, 0.05) is 4.47 Å². The molecule has 4 aromatic carbocycles. The molecule has 2 saturated carbocycles. The molecule has 4 aromatic rings. The van der Waals surface area contributed by atoms with E-state index in [1.807, 2.05) is 24.3 Å². The van der Waals surface area contributed by atoms with Gasteiger partial charge in [0.15, 0.2) is 0 Å².